The predicted octanol–water partition coefficient (Wildman–Crippen LogP) is -4.69. The minimum atomic E-state index is -4.69. The molecule has 0 amide bonds. The average Bonchev–Trinajstić information content (AvgIpc) is 1.94. The van der Waals surface area contributed by atoms with Crippen LogP contribution in [0.3, 0.4) is 0 Å². The molecule has 3 atom stereocenters. The lowest BCUT2D eigenvalue weighted by atomic mass is 10.2. The first-order chi connectivity index (χ1) is 7.91. The van der Waals surface area contributed by atoms with Gasteiger partial charge in [0.05, 0.1) is 33.2 Å². The Morgan fingerprint density at radius 1 is 0.833 bits per heavy atom. The maximum absolute atomic E-state index is 9.14. The highest BCUT2D eigenvalue weighted by molar-refractivity contribution is 4.66. The minimum absolute atomic E-state index is 0.433. The summed E-state index contributed by atoms with van der Waals surface area (Å²) >= 11 is 0. The Kier molecular flexibility index (Phi) is 11.1. The third kappa shape index (κ3) is 25.0. The van der Waals surface area contributed by atoms with Gasteiger partial charge in [-0.25, -0.2) is 0 Å². The Bertz CT molecular complexity index is 166. The van der Waals surface area contributed by atoms with E-state index in [0.717, 1.165) is 0 Å². The van der Waals surface area contributed by atoms with Crippen LogP contribution >= 0.6 is 0 Å². The van der Waals surface area contributed by atoms with Gasteiger partial charge < -0.3 is 15.3 Å². The number of hydrogen-bond donors (Lipinski definition) is 4. The molecular weight excluding hydrogens is 270 g/mol. The van der Waals surface area contributed by atoms with Crippen LogP contribution in [-0.2, 0) is 0 Å². The minimum Gasteiger partial charge on any atom is -0.392 e. The summed E-state index contributed by atoms with van der Waals surface area (Å²) in [6.07, 6.45) is -1.30. The van der Waals surface area contributed by atoms with E-state index in [-0.39, 0.29) is 0 Å². The second-order valence-electron chi connectivity index (χ2n) is 4.16. The van der Waals surface area contributed by atoms with Gasteiger partial charge in [0.25, 0.3) is 0 Å². The first kappa shape index (κ1) is 20.3. The topological polar surface area (TPSA) is 153 Å². The van der Waals surface area contributed by atoms with Gasteiger partial charge in [0.2, 0.25) is 0 Å². The van der Waals surface area contributed by atoms with Gasteiger partial charge in [0.1, 0.15) is 0 Å². The number of rotatable bonds is 6. The second kappa shape index (κ2) is 9.84. The van der Waals surface area contributed by atoms with Crippen LogP contribution in [0.4, 0.5) is 0 Å². The van der Waals surface area contributed by atoms with E-state index in [0.29, 0.717) is 19.6 Å². The van der Waals surface area contributed by atoms with Gasteiger partial charge in [-0.1, -0.05) is 0 Å². The van der Waals surface area contributed by atoms with Crippen LogP contribution in [0.1, 0.15) is 20.8 Å². The van der Waals surface area contributed by atoms with Crippen LogP contribution < -0.4 is 14.0 Å². The highest BCUT2D eigenvalue weighted by Crippen LogP contribution is 1.97. The number of nitrogens with zero attached hydrogens (tertiary/aromatic N) is 1. The van der Waals surface area contributed by atoms with Gasteiger partial charge >= 0.3 is 0 Å². The molecule has 0 spiro atoms. The number of aliphatic hydroxyl groups is 3. The zero-order valence-corrected chi connectivity index (χ0v) is 11.4. The fourth-order valence-corrected chi connectivity index (χ4v) is 1.34. The highest BCUT2D eigenvalue weighted by atomic mass is 35.7. The first-order valence-corrected chi connectivity index (χ1v) is 6.58. The zero-order chi connectivity index (χ0) is 14.9. The molecule has 9 heteroatoms. The van der Waals surface area contributed by atoms with Crippen molar-refractivity contribution in [3.8, 4) is 0 Å². The average molecular weight is 292 g/mol. The monoisotopic (exact) mass is 291 g/mol. The lowest BCUT2D eigenvalue weighted by Crippen LogP contribution is -2.58. The van der Waals surface area contributed by atoms with Crippen molar-refractivity contribution in [2.75, 3.05) is 19.6 Å². The Morgan fingerprint density at radius 2 is 1.00 bits per heavy atom. The third-order valence-corrected chi connectivity index (χ3v) is 1.57. The molecule has 0 aromatic heterocycles. The molecule has 8 nitrogen and oxygen atoms in total. The molecule has 0 heterocycles. The molecule has 0 fully saturated rings. The van der Waals surface area contributed by atoms with E-state index in [9.17, 15) is 0 Å². The molecule has 0 saturated carbocycles. The molecule has 0 aliphatic rings. The highest BCUT2D eigenvalue weighted by Gasteiger charge is 2.12. The fourth-order valence-electron chi connectivity index (χ4n) is 1.34. The van der Waals surface area contributed by atoms with Crippen molar-refractivity contribution in [2.24, 2.45) is 0 Å². The lowest BCUT2D eigenvalue weighted by Gasteiger charge is -2.25. The van der Waals surface area contributed by atoms with Crippen LogP contribution in [0.5, 0.6) is 0 Å². The number of halogens is 1. The predicted molar refractivity (Wildman–Crippen MR) is 53.7 cm³/mol. The Hall–Kier alpha value is -0.0300. The van der Waals surface area contributed by atoms with Crippen LogP contribution in [0.25, 0.3) is 0 Å². The van der Waals surface area contributed by atoms with Gasteiger partial charge in [-0.3, -0.25) is 4.90 Å². The van der Waals surface area contributed by atoms with E-state index < -0.39 is 28.6 Å². The van der Waals surface area contributed by atoms with E-state index in [1.807, 2.05) is 4.90 Å². The van der Waals surface area contributed by atoms with Gasteiger partial charge in [-0.15, -0.1) is 0 Å². The van der Waals surface area contributed by atoms with E-state index in [1.165, 1.54) is 0 Å². The molecule has 3 unspecified atom stereocenters. The fraction of sp³-hybridized carbons (Fsp3) is 1.00. The molecule has 112 valence electrons. The van der Waals surface area contributed by atoms with Crippen molar-refractivity contribution in [2.45, 2.75) is 39.1 Å². The standard InChI is InChI=1S/C9H21NO3.ClHO4/c1-7(11)4-10(5-8(2)12)6-9(3)13;2-1(3,4)5/h7-9,11-13H,4-6H2,1-3H3;(H,2,3,4,5). The summed E-state index contributed by atoms with van der Waals surface area (Å²) in [6.45, 7) is 6.52. The van der Waals surface area contributed by atoms with Gasteiger partial charge in [-0.2, -0.15) is 14.0 Å². The molecular formula is C9H22ClNO7. The van der Waals surface area contributed by atoms with E-state index in [2.05, 4.69) is 0 Å². The van der Waals surface area contributed by atoms with Crippen LogP contribution in [0.15, 0.2) is 0 Å². The first-order valence-electron chi connectivity index (χ1n) is 5.31. The summed E-state index contributed by atoms with van der Waals surface area (Å²) < 4.78 is 32.7. The van der Waals surface area contributed by atoms with Crippen molar-refractivity contribution in [3.63, 3.8) is 0 Å². The van der Waals surface area contributed by atoms with Crippen molar-refractivity contribution in [3.05, 3.63) is 0 Å². The van der Waals surface area contributed by atoms with E-state index in [4.69, 9.17) is 34.0 Å². The molecule has 0 bridgehead atoms. The Morgan fingerprint density at radius 3 is 1.11 bits per heavy atom. The van der Waals surface area contributed by atoms with E-state index >= 15 is 0 Å². The van der Waals surface area contributed by atoms with Gasteiger partial charge in [0, 0.05) is 19.6 Å². The van der Waals surface area contributed by atoms with Crippen molar-refractivity contribution in [1.82, 2.24) is 4.90 Å². The molecule has 0 aliphatic heterocycles. The summed E-state index contributed by atoms with van der Waals surface area (Å²) in [5, 5.41) is 27.4. The molecule has 4 N–H and O–H groups in total. The molecule has 0 aliphatic carbocycles. The third-order valence-electron chi connectivity index (χ3n) is 1.57. The number of hydrogen-bond acceptors (Lipinski definition) is 8. The number of aliphatic hydroxyl groups excluding tert-OH is 3. The van der Waals surface area contributed by atoms with Crippen LogP contribution in [-0.4, -0.2) is 62.8 Å². The van der Waals surface area contributed by atoms with Crippen LogP contribution in [0, 0.1) is 10.2 Å². The molecule has 0 aromatic rings. The van der Waals surface area contributed by atoms with Gasteiger partial charge in [0.15, 0.2) is 0 Å². The maximum atomic E-state index is 9.14. The molecule has 0 aromatic carbocycles. The van der Waals surface area contributed by atoms with Crippen molar-refractivity contribution >= 4 is 0 Å². The summed E-state index contributed by atoms with van der Waals surface area (Å²) in [7, 11) is -4.69. The molecule has 0 saturated heterocycles. The maximum Gasteiger partial charge on any atom is 0.0777 e. The van der Waals surface area contributed by atoms with Crippen molar-refractivity contribution < 1.29 is 44.2 Å². The summed E-state index contributed by atoms with van der Waals surface area (Å²) in [5.41, 5.74) is 0. The van der Waals surface area contributed by atoms with E-state index in [1.54, 1.807) is 20.8 Å². The summed E-state index contributed by atoms with van der Waals surface area (Å²) in [4.78, 5) is 1.85. The Labute approximate surface area is 108 Å². The van der Waals surface area contributed by atoms with Gasteiger partial charge in [-0.05, 0) is 20.8 Å². The Balaban J connectivity index is 0. The lowest BCUT2D eigenvalue weighted by molar-refractivity contribution is -1.92. The largest absolute Gasteiger partial charge is 0.392 e. The SMILES string of the molecule is CC(O)CN(CC(C)O)CC(C)O.[O-][Cl+3]([O-])([O-])O. The molecule has 0 rings (SSSR count). The second-order valence-corrected chi connectivity index (χ2v) is 4.95. The van der Waals surface area contributed by atoms with Crippen LogP contribution in [0.2, 0.25) is 0 Å². The quantitative estimate of drug-likeness (QED) is 0.381. The normalized spacial score (nSPS) is 16.8. The van der Waals surface area contributed by atoms with Crippen molar-refractivity contribution in [1.29, 1.82) is 0 Å². The molecule has 18 heavy (non-hydrogen) atoms. The summed E-state index contributed by atoms with van der Waals surface area (Å²) in [6, 6.07) is 0. The zero-order valence-electron chi connectivity index (χ0n) is 10.7. The summed E-state index contributed by atoms with van der Waals surface area (Å²) in [5.74, 6) is 0. The molecule has 0 radical (unpaired) electrons. The smallest absolute Gasteiger partial charge is 0.0777 e.